The van der Waals surface area contributed by atoms with Gasteiger partial charge in [-0.2, -0.15) is 0 Å². The van der Waals surface area contributed by atoms with Crippen molar-refractivity contribution in [1.29, 1.82) is 0 Å². The molecule has 0 aromatic heterocycles. The Morgan fingerprint density at radius 1 is 1.36 bits per heavy atom. The fourth-order valence-electron chi connectivity index (χ4n) is 2.39. The summed E-state index contributed by atoms with van der Waals surface area (Å²) < 4.78 is 0.487. The van der Waals surface area contributed by atoms with Gasteiger partial charge in [-0.05, 0) is 58.3 Å². The van der Waals surface area contributed by atoms with Crippen LogP contribution in [0.4, 0.5) is 5.69 Å². The van der Waals surface area contributed by atoms with Gasteiger partial charge in [0.2, 0.25) is 0 Å². The number of nitrogens with one attached hydrogen (secondary N) is 2. The first-order valence-electron chi connectivity index (χ1n) is 7.69. The van der Waals surface area contributed by atoms with E-state index < -0.39 is 0 Å². The zero-order valence-corrected chi connectivity index (χ0v) is 16.5. The highest BCUT2D eigenvalue weighted by atomic mass is 79.9. The summed E-state index contributed by atoms with van der Waals surface area (Å²) >= 11 is 10.6. The van der Waals surface area contributed by atoms with Crippen molar-refractivity contribution in [2.75, 3.05) is 5.32 Å². The standard InChI is InChI=1S/C18H16BrClN2O2S/c1-2-10-3-5-13(6-4-10)21-18-22-17(24)15(25-18)8-11-7-12(20)9-14(19)16(11)23/h3-9,18,21,23H,2H2,1H3,(H,22,24)/b15-8-. The van der Waals surface area contributed by atoms with Gasteiger partial charge in [-0.3, -0.25) is 4.79 Å². The lowest BCUT2D eigenvalue weighted by molar-refractivity contribution is -0.116. The van der Waals surface area contributed by atoms with Gasteiger partial charge < -0.3 is 15.7 Å². The average molecular weight is 440 g/mol. The van der Waals surface area contributed by atoms with Gasteiger partial charge in [0.25, 0.3) is 5.91 Å². The van der Waals surface area contributed by atoms with Crippen molar-refractivity contribution in [3.8, 4) is 5.75 Å². The van der Waals surface area contributed by atoms with E-state index in [1.807, 2.05) is 12.1 Å². The van der Waals surface area contributed by atoms with Gasteiger partial charge >= 0.3 is 0 Å². The van der Waals surface area contributed by atoms with Crippen molar-refractivity contribution < 1.29 is 9.90 Å². The Morgan fingerprint density at radius 3 is 2.76 bits per heavy atom. The fourth-order valence-corrected chi connectivity index (χ4v) is 4.20. The van der Waals surface area contributed by atoms with E-state index in [0.717, 1.165) is 12.1 Å². The van der Waals surface area contributed by atoms with Gasteiger partial charge in [0.05, 0.1) is 9.38 Å². The van der Waals surface area contributed by atoms with Crippen LogP contribution in [0.15, 0.2) is 45.8 Å². The number of amides is 1. The number of carbonyl (C=O) groups is 1. The van der Waals surface area contributed by atoms with Crippen molar-refractivity contribution in [1.82, 2.24) is 5.32 Å². The Labute approximate surface area is 163 Å². The van der Waals surface area contributed by atoms with Crippen molar-refractivity contribution in [2.45, 2.75) is 18.8 Å². The molecule has 7 heteroatoms. The number of hydrogen-bond acceptors (Lipinski definition) is 4. The summed E-state index contributed by atoms with van der Waals surface area (Å²) in [5.74, 6) is -0.139. The summed E-state index contributed by atoms with van der Waals surface area (Å²) in [6.45, 7) is 2.11. The first-order chi connectivity index (χ1) is 12.0. The minimum absolute atomic E-state index is 0.0527. The lowest BCUT2D eigenvalue weighted by Crippen LogP contribution is -2.30. The lowest BCUT2D eigenvalue weighted by atomic mass is 10.1. The third-order valence-corrected chi connectivity index (χ3v) is 5.59. The third-order valence-electron chi connectivity index (χ3n) is 3.74. The molecule has 1 amide bonds. The van der Waals surface area contributed by atoms with E-state index in [0.29, 0.717) is 20.0 Å². The maximum Gasteiger partial charge on any atom is 0.260 e. The predicted octanol–water partition coefficient (Wildman–Crippen LogP) is 4.97. The highest BCUT2D eigenvalue weighted by Crippen LogP contribution is 2.36. The van der Waals surface area contributed by atoms with Gasteiger partial charge in [0.15, 0.2) is 5.50 Å². The van der Waals surface area contributed by atoms with Crippen LogP contribution in [-0.4, -0.2) is 16.5 Å². The number of benzene rings is 2. The van der Waals surface area contributed by atoms with E-state index in [1.165, 1.54) is 17.3 Å². The first kappa shape index (κ1) is 18.2. The molecular formula is C18H16BrClN2O2S. The largest absolute Gasteiger partial charge is 0.506 e. The van der Waals surface area contributed by atoms with Crippen LogP contribution < -0.4 is 10.6 Å². The molecule has 0 saturated carbocycles. The highest BCUT2D eigenvalue weighted by molar-refractivity contribution is 9.10. The van der Waals surface area contributed by atoms with Crippen LogP contribution in [0.25, 0.3) is 6.08 Å². The summed E-state index contributed by atoms with van der Waals surface area (Å²) in [6.07, 6.45) is 2.62. The summed E-state index contributed by atoms with van der Waals surface area (Å²) in [5.41, 5.74) is 2.42. The molecular weight excluding hydrogens is 424 g/mol. The number of carbonyl (C=O) groups excluding carboxylic acids is 1. The number of aromatic hydroxyl groups is 1. The molecule has 130 valence electrons. The lowest BCUT2D eigenvalue weighted by Gasteiger charge is -2.12. The number of aryl methyl sites for hydroxylation is 1. The Morgan fingerprint density at radius 2 is 2.08 bits per heavy atom. The molecule has 1 aliphatic heterocycles. The summed E-state index contributed by atoms with van der Waals surface area (Å²) in [6, 6.07) is 11.3. The minimum Gasteiger partial charge on any atom is -0.506 e. The molecule has 4 nitrogen and oxygen atoms in total. The molecule has 25 heavy (non-hydrogen) atoms. The molecule has 3 N–H and O–H groups in total. The van der Waals surface area contributed by atoms with Crippen LogP contribution in [0, 0.1) is 0 Å². The maximum atomic E-state index is 12.2. The Hall–Kier alpha value is -1.63. The number of anilines is 1. The monoisotopic (exact) mass is 438 g/mol. The number of halogens is 2. The molecule has 0 spiro atoms. The van der Waals surface area contributed by atoms with Crippen LogP contribution in [0.1, 0.15) is 18.1 Å². The zero-order chi connectivity index (χ0) is 18.0. The van der Waals surface area contributed by atoms with Crippen molar-refractivity contribution in [3.05, 3.63) is 61.9 Å². The normalized spacial score (nSPS) is 18.4. The Kier molecular flexibility index (Phi) is 5.61. The third kappa shape index (κ3) is 4.32. The SMILES string of the molecule is CCc1ccc(NC2NC(=O)/C(=C/c3cc(Cl)cc(Br)c3O)S2)cc1. The van der Waals surface area contributed by atoms with Crippen molar-refractivity contribution in [2.24, 2.45) is 0 Å². The summed E-state index contributed by atoms with van der Waals surface area (Å²) in [7, 11) is 0. The number of phenols is 1. The topological polar surface area (TPSA) is 61.4 Å². The van der Waals surface area contributed by atoms with E-state index in [9.17, 15) is 9.90 Å². The first-order valence-corrected chi connectivity index (χ1v) is 9.74. The number of thioether (sulfide) groups is 1. The van der Waals surface area contributed by atoms with Gasteiger partial charge in [0, 0.05) is 16.3 Å². The smallest absolute Gasteiger partial charge is 0.260 e. The molecule has 1 heterocycles. The van der Waals surface area contributed by atoms with Crippen molar-refractivity contribution >= 4 is 57.0 Å². The van der Waals surface area contributed by atoms with E-state index in [4.69, 9.17) is 11.6 Å². The molecule has 2 aromatic carbocycles. The van der Waals surface area contributed by atoms with Crippen LogP contribution in [0.2, 0.25) is 5.02 Å². The minimum atomic E-state index is -0.268. The number of rotatable bonds is 4. The Bertz CT molecular complexity index is 840. The maximum absolute atomic E-state index is 12.2. The number of phenolic OH excluding ortho intramolecular Hbond substituents is 1. The predicted molar refractivity (Wildman–Crippen MR) is 108 cm³/mol. The molecule has 2 aromatic rings. The molecule has 0 radical (unpaired) electrons. The molecule has 1 saturated heterocycles. The second-order valence-corrected chi connectivity index (χ2v) is 7.94. The quantitative estimate of drug-likeness (QED) is 0.589. The molecule has 1 aliphatic rings. The van der Waals surface area contributed by atoms with Gasteiger partial charge in [-0.15, -0.1) is 0 Å². The Balaban J connectivity index is 1.76. The van der Waals surface area contributed by atoms with E-state index in [2.05, 4.69) is 45.6 Å². The molecule has 3 rings (SSSR count). The van der Waals surface area contributed by atoms with E-state index in [1.54, 1.807) is 18.2 Å². The highest BCUT2D eigenvalue weighted by Gasteiger charge is 2.27. The van der Waals surface area contributed by atoms with Crippen molar-refractivity contribution in [3.63, 3.8) is 0 Å². The molecule has 1 unspecified atom stereocenters. The average Bonchev–Trinajstić information content (AvgIpc) is 2.92. The summed E-state index contributed by atoms with van der Waals surface area (Å²) in [5, 5.41) is 16.7. The zero-order valence-electron chi connectivity index (χ0n) is 13.3. The van der Waals surface area contributed by atoms with Crippen LogP contribution in [-0.2, 0) is 11.2 Å². The van der Waals surface area contributed by atoms with Crippen LogP contribution >= 0.6 is 39.3 Å². The number of hydrogen-bond donors (Lipinski definition) is 3. The van der Waals surface area contributed by atoms with E-state index >= 15 is 0 Å². The molecule has 1 fully saturated rings. The van der Waals surface area contributed by atoms with Crippen LogP contribution in [0.3, 0.4) is 0 Å². The fraction of sp³-hybridized carbons (Fsp3) is 0.167. The second-order valence-electron chi connectivity index (χ2n) is 5.50. The molecule has 1 atom stereocenters. The van der Waals surface area contributed by atoms with Gasteiger partial charge in [0.1, 0.15) is 5.75 Å². The van der Waals surface area contributed by atoms with Crippen LogP contribution in [0.5, 0.6) is 5.75 Å². The van der Waals surface area contributed by atoms with Gasteiger partial charge in [-0.25, -0.2) is 0 Å². The second kappa shape index (κ2) is 7.72. The van der Waals surface area contributed by atoms with Gasteiger partial charge in [-0.1, -0.05) is 42.4 Å². The molecule has 0 aliphatic carbocycles. The summed E-state index contributed by atoms with van der Waals surface area (Å²) in [4.78, 5) is 12.7. The van der Waals surface area contributed by atoms with E-state index in [-0.39, 0.29) is 17.2 Å². The molecule has 0 bridgehead atoms.